The first-order valence-electron chi connectivity index (χ1n) is 15.1. The van der Waals surface area contributed by atoms with Crippen molar-refractivity contribution in [1.82, 2.24) is 20.9 Å². The minimum atomic E-state index is -0.954. The number of rotatable bonds is 14. The summed E-state index contributed by atoms with van der Waals surface area (Å²) in [6.45, 7) is 6.33. The Balaban J connectivity index is 1.25. The fourth-order valence-corrected chi connectivity index (χ4v) is 6.31. The van der Waals surface area contributed by atoms with Gasteiger partial charge in [-0.1, -0.05) is 12.1 Å². The van der Waals surface area contributed by atoms with Gasteiger partial charge >= 0.3 is 0 Å². The quantitative estimate of drug-likeness (QED) is 0.274. The van der Waals surface area contributed by atoms with E-state index in [1.165, 1.54) is 6.42 Å². The normalized spacial score (nSPS) is 28.5. The molecule has 3 amide bonds. The van der Waals surface area contributed by atoms with E-state index in [4.69, 9.17) is 14.2 Å². The van der Waals surface area contributed by atoms with Crippen molar-refractivity contribution in [2.24, 2.45) is 17.8 Å². The van der Waals surface area contributed by atoms with Crippen LogP contribution in [-0.2, 0) is 35.1 Å². The molecule has 2 aliphatic carbocycles. The van der Waals surface area contributed by atoms with E-state index in [-0.39, 0.29) is 24.7 Å². The number of Topliss-reactive ketones (excluding diaryl/α,β-unsaturated/α-hetero) is 1. The first-order chi connectivity index (χ1) is 20.1. The lowest BCUT2D eigenvalue weighted by Gasteiger charge is -2.28. The Morgan fingerprint density at radius 3 is 2.24 bits per heavy atom. The van der Waals surface area contributed by atoms with Crippen LogP contribution in [0.2, 0.25) is 0 Å². The van der Waals surface area contributed by atoms with Crippen LogP contribution in [0.1, 0.15) is 45.1 Å². The van der Waals surface area contributed by atoms with Gasteiger partial charge in [0.25, 0.3) is 0 Å². The number of carbonyl (C=O) groups is 4. The average Bonchev–Trinajstić information content (AvgIpc) is 3.88. The predicted molar refractivity (Wildman–Crippen MR) is 154 cm³/mol. The molecule has 1 aromatic carbocycles. The van der Waals surface area contributed by atoms with E-state index in [1.54, 1.807) is 33.1 Å². The number of benzene rings is 1. The van der Waals surface area contributed by atoms with E-state index in [0.29, 0.717) is 51.0 Å². The van der Waals surface area contributed by atoms with Crippen molar-refractivity contribution in [2.45, 2.75) is 69.7 Å². The molecule has 11 heteroatoms. The van der Waals surface area contributed by atoms with Gasteiger partial charge in [0.05, 0.1) is 39.5 Å². The van der Waals surface area contributed by atoms with Gasteiger partial charge in [0, 0.05) is 19.5 Å². The van der Waals surface area contributed by atoms with E-state index in [2.05, 4.69) is 16.0 Å². The summed E-state index contributed by atoms with van der Waals surface area (Å²) in [6, 6.07) is 4.77. The van der Waals surface area contributed by atoms with Crippen molar-refractivity contribution in [1.29, 1.82) is 0 Å². The largest absolute Gasteiger partial charge is 0.497 e. The molecule has 0 bridgehead atoms. The van der Waals surface area contributed by atoms with Gasteiger partial charge in [-0.25, -0.2) is 0 Å². The Hall–Kier alpha value is -3.02. The van der Waals surface area contributed by atoms with E-state index >= 15 is 0 Å². The smallest absolute Gasteiger partial charge is 0.243 e. The van der Waals surface area contributed by atoms with Gasteiger partial charge in [0.1, 0.15) is 23.4 Å². The Kier molecular flexibility index (Phi) is 9.49. The maximum absolute atomic E-state index is 13.8. The fraction of sp³-hybridized carbons (Fsp3) is 0.677. The number of hydrogen-bond acceptors (Lipinski definition) is 8. The third kappa shape index (κ3) is 7.87. The molecule has 2 saturated heterocycles. The SMILES string of the molecule is COc1ccc(C[C@H](NC(=O)[C@H](C)NC(=O)CN2CCOCC2)C(=O)N[C@@H](C[C@@H]2C[C@@H]3C[C@@H]3C2)C(=O)[C@@]2(C)CO2)cc1. The molecule has 0 unspecified atom stereocenters. The summed E-state index contributed by atoms with van der Waals surface area (Å²) in [7, 11) is 1.58. The second-order valence-corrected chi connectivity index (χ2v) is 12.6. The van der Waals surface area contributed by atoms with Gasteiger partial charge in [-0.05, 0) is 75.0 Å². The molecule has 42 heavy (non-hydrogen) atoms. The molecule has 7 atom stereocenters. The number of methoxy groups -OCH3 is 1. The van der Waals surface area contributed by atoms with E-state index in [9.17, 15) is 19.2 Å². The van der Waals surface area contributed by atoms with Gasteiger partial charge in [0.2, 0.25) is 17.7 Å². The van der Waals surface area contributed by atoms with Crippen LogP contribution in [0, 0.1) is 17.8 Å². The molecular weight excluding hydrogens is 540 g/mol. The van der Waals surface area contributed by atoms with Crippen molar-refractivity contribution in [3.05, 3.63) is 29.8 Å². The van der Waals surface area contributed by atoms with Crippen LogP contribution < -0.4 is 20.7 Å². The Morgan fingerprint density at radius 2 is 1.62 bits per heavy atom. The summed E-state index contributed by atoms with van der Waals surface area (Å²) in [5.74, 6) is 1.29. The zero-order valence-corrected chi connectivity index (χ0v) is 24.9. The highest BCUT2D eigenvalue weighted by atomic mass is 16.6. The molecule has 5 rings (SSSR count). The number of fused-ring (bicyclic) bond motifs is 1. The van der Waals surface area contributed by atoms with Crippen LogP contribution >= 0.6 is 0 Å². The molecule has 3 N–H and O–H groups in total. The number of nitrogens with zero attached hydrogens (tertiary/aromatic N) is 1. The molecule has 2 saturated carbocycles. The molecule has 0 aromatic heterocycles. The van der Waals surface area contributed by atoms with E-state index in [0.717, 1.165) is 30.2 Å². The molecule has 2 heterocycles. The van der Waals surface area contributed by atoms with Crippen molar-refractivity contribution in [3.8, 4) is 5.75 Å². The highest BCUT2D eigenvalue weighted by molar-refractivity contribution is 5.98. The minimum Gasteiger partial charge on any atom is -0.497 e. The predicted octanol–water partition coefficient (Wildman–Crippen LogP) is 0.838. The Morgan fingerprint density at radius 1 is 0.976 bits per heavy atom. The van der Waals surface area contributed by atoms with Gasteiger partial charge in [-0.3, -0.25) is 24.1 Å². The number of carbonyl (C=O) groups excluding carboxylic acids is 4. The number of nitrogens with one attached hydrogen (secondary N) is 3. The van der Waals surface area contributed by atoms with Crippen LogP contribution in [0.15, 0.2) is 24.3 Å². The third-order valence-corrected chi connectivity index (χ3v) is 9.12. The molecule has 1 aromatic rings. The van der Waals surface area contributed by atoms with Crippen molar-refractivity contribution >= 4 is 23.5 Å². The van der Waals surface area contributed by atoms with E-state index in [1.807, 2.05) is 17.0 Å². The van der Waals surface area contributed by atoms with Crippen molar-refractivity contribution in [3.63, 3.8) is 0 Å². The second-order valence-electron chi connectivity index (χ2n) is 12.6. The average molecular weight is 585 g/mol. The topological polar surface area (TPSA) is 139 Å². The zero-order valence-electron chi connectivity index (χ0n) is 24.9. The van der Waals surface area contributed by atoms with Gasteiger partial charge in [-0.15, -0.1) is 0 Å². The lowest BCUT2D eigenvalue weighted by atomic mass is 9.89. The summed E-state index contributed by atoms with van der Waals surface area (Å²) >= 11 is 0. The standard InChI is InChI=1S/C31H44N4O7/c1-19(32-27(36)17-35-8-10-41-11-9-35)29(38)34-26(14-20-4-6-24(40-3)7-5-20)30(39)33-25(28(37)31(2)18-42-31)15-21-12-22-16-23(22)13-21/h4-7,19,21-23,25-26H,8-18H2,1-3H3,(H,32,36)(H,33,39)(H,34,38)/t19-,21-,22-,23+,25-,26-,31+/m0/s1. The van der Waals surface area contributed by atoms with Crippen LogP contribution in [0.25, 0.3) is 0 Å². The molecule has 0 spiro atoms. The van der Waals surface area contributed by atoms with Crippen molar-refractivity contribution in [2.75, 3.05) is 46.6 Å². The van der Waals surface area contributed by atoms with Gasteiger partial charge in [-0.2, -0.15) is 0 Å². The molecule has 0 radical (unpaired) electrons. The zero-order chi connectivity index (χ0) is 29.9. The highest BCUT2D eigenvalue weighted by Crippen LogP contribution is 2.55. The lowest BCUT2D eigenvalue weighted by Crippen LogP contribution is -2.57. The fourth-order valence-electron chi connectivity index (χ4n) is 6.31. The molecule has 11 nitrogen and oxygen atoms in total. The first kappa shape index (κ1) is 30.4. The molecular formula is C31H44N4O7. The van der Waals surface area contributed by atoms with Crippen molar-refractivity contribution < 1.29 is 33.4 Å². The number of amides is 3. The Bertz CT molecular complexity index is 1140. The maximum Gasteiger partial charge on any atom is 0.243 e. The maximum atomic E-state index is 13.8. The Labute approximate surface area is 247 Å². The molecule has 4 fully saturated rings. The summed E-state index contributed by atoms with van der Waals surface area (Å²) in [5.41, 5.74) is -0.0514. The number of ketones is 1. The summed E-state index contributed by atoms with van der Waals surface area (Å²) in [4.78, 5) is 55.0. The number of ether oxygens (including phenoxy) is 3. The summed E-state index contributed by atoms with van der Waals surface area (Å²) in [5, 5.41) is 8.57. The number of epoxide rings is 1. The lowest BCUT2D eigenvalue weighted by molar-refractivity contribution is -0.134. The van der Waals surface area contributed by atoms with E-state index < -0.39 is 35.5 Å². The third-order valence-electron chi connectivity index (χ3n) is 9.12. The summed E-state index contributed by atoms with van der Waals surface area (Å²) < 4.78 is 16.0. The number of morpholine rings is 1. The van der Waals surface area contributed by atoms with Gasteiger partial charge < -0.3 is 30.2 Å². The monoisotopic (exact) mass is 584 g/mol. The summed E-state index contributed by atoms with van der Waals surface area (Å²) in [6.07, 6.45) is 4.25. The van der Waals surface area contributed by atoms with Crippen LogP contribution in [0.4, 0.5) is 0 Å². The van der Waals surface area contributed by atoms with Crippen LogP contribution in [0.3, 0.4) is 0 Å². The molecule has 2 aliphatic heterocycles. The highest BCUT2D eigenvalue weighted by Gasteiger charge is 2.52. The minimum absolute atomic E-state index is 0.116. The molecule has 230 valence electrons. The number of hydrogen-bond donors (Lipinski definition) is 3. The first-order valence-corrected chi connectivity index (χ1v) is 15.1. The van der Waals surface area contributed by atoms with Gasteiger partial charge in [0.15, 0.2) is 5.78 Å². The second kappa shape index (κ2) is 13.1. The van der Waals surface area contributed by atoms with Crippen LogP contribution in [-0.4, -0.2) is 98.7 Å². The van der Waals surface area contributed by atoms with Crippen LogP contribution in [0.5, 0.6) is 5.75 Å². The molecule has 4 aliphatic rings.